The maximum Gasteiger partial charge on any atom is 0.295 e. The van der Waals surface area contributed by atoms with E-state index in [1.807, 2.05) is 39.8 Å². The van der Waals surface area contributed by atoms with Gasteiger partial charge in [0, 0.05) is 5.56 Å². The average Bonchev–Trinajstić information content (AvgIpc) is 2.79. The Hall–Kier alpha value is -2.51. The zero-order valence-corrected chi connectivity index (χ0v) is 20.5. The summed E-state index contributed by atoms with van der Waals surface area (Å²) in [5.41, 5.74) is 7.25. The standard InChI is InChI=1S/C25H33F2NO3Si/c1-6-32(7-2,8-3)31-23(19-11-9-18(4)10-12-19)25(26,27)16-15-20-17-21(30-5)13-14-22(20)24(28)29/h9-17,23H,6-8H2,1-5H3,(H2,28,29)/b16-15+. The summed E-state index contributed by atoms with van der Waals surface area (Å²) in [6.07, 6.45) is 0.604. The average molecular weight is 462 g/mol. The van der Waals surface area contributed by atoms with Crippen LogP contribution in [0.15, 0.2) is 48.5 Å². The first-order valence-electron chi connectivity index (χ1n) is 10.9. The summed E-state index contributed by atoms with van der Waals surface area (Å²) in [5.74, 6) is -3.57. The van der Waals surface area contributed by atoms with Crippen LogP contribution in [0, 0.1) is 6.92 Å². The van der Waals surface area contributed by atoms with Crippen LogP contribution < -0.4 is 10.5 Å². The number of rotatable bonds is 11. The monoisotopic (exact) mass is 461 g/mol. The molecule has 0 radical (unpaired) electrons. The van der Waals surface area contributed by atoms with E-state index in [1.54, 1.807) is 18.2 Å². The van der Waals surface area contributed by atoms with Gasteiger partial charge in [-0.05, 0) is 60.5 Å². The number of methoxy groups -OCH3 is 1. The van der Waals surface area contributed by atoms with Crippen molar-refractivity contribution in [1.82, 2.24) is 0 Å². The summed E-state index contributed by atoms with van der Waals surface area (Å²) in [5, 5.41) is 0. The van der Waals surface area contributed by atoms with Gasteiger partial charge in [-0.3, -0.25) is 4.79 Å². The van der Waals surface area contributed by atoms with Gasteiger partial charge in [0.15, 0.2) is 8.32 Å². The van der Waals surface area contributed by atoms with Gasteiger partial charge in [-0.15, -0.1) is 0 Å². The molecule has 2 N–H and O–H groups in total. The number of benzene rings is 2. The van der Waals surface area contributed by atoms with E-state index < -0.39 is 26.3 Å². The molecule has 0 fully saturated rings. The summed E-state index contributed by atoms with van der Waals surface area (Å²) in [7, 11) is -0.881. The molecule has 4 nitrogen and oxygen atoms in total. The molecule has 1 amide bonds. The minimum absolute atomic E-state index is 0.144. The van der Waals surface area contributed by atoms with Crippen molar-refractivity contribution in [2.24, 2.45) is 5.73 Å². The van der Waals surface area contributed by atoms with Crippen LogP contribution in [0.25, 0.3) is 6.08 Å². The highest BCUT2D eigenvalue weighted by molar-refractivity contribution is 6.73. The third-order valence-corrected chi connectivity index (χ3v) is 10.6. The maximum atomic E-state index is 15.7. The zero-order valence-electron chi connectivity index (χ0n) is 19.5. The molecule has 0 aliphatic carbocycles. The highest BCUT2D eigenvalue weighted by atomic mass is 28.4. The van der Waals surface area contributed by atoms with Gasteiger partial charge in [0.05, 0.1) is 7.11 Å². The fourth-order valence-electron chi connectivity index (χ4n) is 3.68. The molecular weight excluding hydrogens is 428 g/mol. The number of amides is 1. The molecule has 0 aliphatic heterocycles. The van der Waals surface area contributed by atoms with E-state index in [-0.39, 0.29) is 11.1 Å². The fourth-order valence-corrected chi connectivity index (χ4v) is 6.47. The Labute approximate surface area is 190 Å². The lowest BCUT2D eigenvalue weighted by molar-refractivity contribution is -0.0627. The summed E-state index contributed by atoms with van der Waals surface area (Å²) in [6, 6.07) is 13.8. The maximum absolute atomic E-state index is 15.7. The highest BCUT2D eigenvalue weighted by Gasteiger charge is 2.44. The first-order chi connectivity index (χ1) is 15.1. The Kier molecular flexibility index (Phi) is 8.75. The molecule has 1 unspecified atom stereocenters. The van der Waals surface area contributed by atoms with Crippen molar-refractivity contribution < 1.29 is 22.7 Å². The van der Waals surface area contributed by atoms with Crippen molar-refractivity contribution >= 4 is 20.3 Å². The molecule has 0 heterocycles. The van der Waals surface area contributed by atoms with Crippen molar-refractivity contribution in [3.63, 3.8) is 0 Å². The van der Waals surface area contributed by atoms with Crippen LogP contribution in [0.3, 0.4) is 0 Å². The van der Waals surface area contributed by atoms with Gasteiger partial charge in [-0.1, -0.05) is 56.7 Å². The van der Waals surface area contributed by atoms with Gasteiger partial charge >= 0.3 is 0 Å². The summed E-state index contributed by atoms with van der Waals surface area (Å²) < 4.78 is 42.8. The number of hydrogen-bond acceptors (Lipinski definition) is 3. The minimum Gasteiger partial charge on any atom is -0.497 e. The summed E-state index contributed by atoms with van der Waals surface area (Å²) >= 11 is 0. The predicted molar refractivity (Wildman–Crippen MR) is 128 cm³/mol. The van der Waals surface area contributed by atoms with E-state index in [2.05, 4.69) is 0 Å². The summed E-state index contributed by atoms with van der Waals surface area (Å²) in [4.78, 5) is 11.8. The number of halogens is 2. The van der Waals surface area contributed by atoms with Crippen LogP contribution in [0.2, 0.25) is 18.1 Å². The van der Waals surface area contributed by atoms with E-state index >= 15 is 8.78 Å². The van der Waals surface area contributed by atoms with Crippen molar-refractivity contribution in [3.8, 4) is 5.75 Å². The molecule has 0 spiro atoms. The van der Waals surface area contributed by atoms with Gasteiger partial charge in [0.2, 0.25) is 5.91 Å². The molecule has 174 valence electrons. The predicted octanol–water partition coefficient (Wildman–Crippen LogP) is 6.51. The molecular formula is C25H33F2NO3Si. The normalized spacial score (nSPS) is 13.3. The lowest BCUT2D eigenvalue weighted by Gasteiger charge is -2.36. The highest BCUT2D eigenvalue weighted by Crippen LogP contribution is 2.41. The van der Waals surface area contributed by atoms with Crippen LogP contribution in [0.4, 0.5) is 8.78 Å². The summed E-state index contributed by atoms with van der Waals surface area (Å²) in [6.45, 7) is 7.94. The van der Waals surface area contributed by atoms with E-state index in [0.29, 0.717) is 11.3 Å². The van der Waals surface area contributed by atoms with E-state index in [9.17, 15) is 4.79 Å². The van der Waals surface area contributed by atoms with Crippen molar-refractivity contribution in [2.45, 2.75) is 57.9 Å². The topological polar surface area (TPSA) is 61.6 Å². The van der Waals surface area contributed by atoms with Crippen molar-refractivity contribution in [2.75, 3.05) is 7.11 Å². The van der Waals surface area contributed by atoms with E-state index in [4.69, 9.17) is 14.9 Å². The third-order valence-electron chi connectivity index (χ3n) is 6.04. The molecule has 2 rings (SSSR count). The number of primary amides is 1. The number of aryl methyl sites for hydroxylation is 1. The number of nitrogens with two attached hydrogens (primary N) is 1. The second-order valence-corrected chi connectivity index (χ2v) is 12.7. The molecule has 1 atom stereocenters. The number of alkyl halides is 2. The molecule has 2 aromatic rings. The van der Waals surface area contributed by atoms with Gasteiger partial charge in [0.1, 0.15) is 11.9 Å². The van der Waals surface area contributed by atoms with Gasteiger partial charge in [-0.2, -0.15) is 8.78 Å². The largest absolute Gasteiger partial charge is 0.497 e. The number of carbonyl (C=O) groups excluding carboxylic acids is 1. The lowest BCUT2D eigenvalue weighted by atomic mass is 10.00. The third kappa shape index (κ3) is 6.04. The SMILES string of the molecule is CC[Si](CC)(CC)OC(c1ccc(C)cc1)C(F)(F)/C=C/c1cc(OC)ccc1C(N)=O. The Morgan fingerprint density at radius 3 is 2.19 bits per heavy atom. The number of carbonyl (C=O) groups is 1. The Morgan fingerprint density at radius 2 is 1.69 bits per heavy atom. The lowest BCUT2D eigenvalue weighted by Crippen LogP contribution is -2.41. The van der Waals surface area contributed by atoms with Crippen LogP contribution in [0.1, 0.15) is 53.9 Å². The first-order valence-corrected chi connectivity index (χ1v) is 13.4. The smallest absolute Gasteiger partial charge is 0.295 e. The molecule has 0 bridgehead atoms. The van der Waals surface area contributed by atoms with Crippen molar-refractivity contribution in [3.05, 3.63) is 70.8 Å². The van der Waals surface area contributed by atoms with Crippen LogP contribution in [0.5, 0.6) is 5.75 Å². The molecule has 32 heavy (non-hydrogen) atoms. The fraction of sp³-hybridized carbons (Fsp3) is 0.400. The molecule has 0 aromatic heterocycles. The Morgan fingerprint density at radius 1 is 1.09 bits per heavy atom. The second-order valence-electron chi connectivity index (χ2n) is 7.98. The second kappa shape index (κ2) is 10.9. The van der Waals surface area contributed by atoms with Crippen LogP contribution in [-0.4, -0.2) is 27.3 Å². The van der Waals surface area contributed by atoms with E-state index in [1.165, 1.54) is 25.3 Å². The molecule has 7 heteroatoms. The zero-order chi connectivity index (χ0) is 23.9. The Balaban J connectivity index is 2.52. The molecule has 0 saturated heterocycles. The van der Waals surface area contributed by atoms with Gasteiger partial charge in [-0.25, -0.2) is 0 Å². The minimum atomic E-state index is -3.31. The molecule has 2 aromatic carbocycles. The number of hydrogen-bond donors (Lipinski definition) is 1. The first kappa shape index (κ1) is 25.7. The van der Waals surface area contributed by atoms with Gasteiger partial charge < -0.3 is 14.9 Å². The number of ether oxygens (including phenoxy) is 1. The van der Waals surface area contributed by atoms with E-state index in [0.717, 1.165) is 29.8 Å². The van der Waals surface area contributed by atoms with Crippen LogP contribution in [-0.2, 0) is 4.43 Å². The van der Waals surface area contributed by atoms with Crippen LogP contribution >= 0.6 is 0 Å². The van der Waals surface area contributed by atoms with Crippen molar-refractivity contribution in [1.29, 1.82) is 0 Å². The molecule has 0 saturated carbocycles. The quantitative estimate of drug-likeness (QED) is 0.388. The Bertz CT molecular complexity index is 932. The molecule has 0 aliphatic rings. The van der Waals surface area contributed by atoms with Gasteiger partial charge in [0.25, 0.3) is 5.92 Å².